The van der Waals surface area contributed by atoms with Crippen LogP contribution in [-0.4, -0.2) is 13.4 Å². The normalized spacial score (nSPS) is 8.46. The second-order valence-electron chi connectivity index (χ2n) is 2.20. The second kappa shape index (κ2) is 4.27. The SMILES string of the molecule is COc1cccc(F)c1C#CC=O. The summed E-state index contributed by atoms with van der Waals surface area (Å²) in [6.45, 7) is 0. The number of methoxy groups -OCH3 is 1. The number of hydrogen-bond donors (Lipinski definition) is 0. The Balaban J connectivity index is 3.22. The Kier molecular flexibility index (Phi) is 3.04. The van der Waals surface area contributed by atoms with Gasteiger partial charge in [-0.1, -0.05) is 12.0 Å². The zero-order valence-corrected chi connectivity index (χ0v) is 7.00. The molecule has 0 N–H and O–H groups in total. The topological polar surface area (TPSA) is 26.3 Å². The molecule has 66 valence electrons. The van der Waals surface area contributed by atoms with Crippen LogP contribution in [0, 0.1) is 17.7 Å². The Morgan fingerprint density at radius 2 is 2.31 bits per heavy atom. The van der Waals surface area contributed by atoms with E-state index in [0.717, 1.165) is 0 Å². The molecule has 0 amide bonds. The number of benzene rings is 1. The maximum absolute atomic E-state index is 13.1. The van der Waals surface area contributed by atoms with Crippen molar-refractivity contribution < 1.29 is 13.9 Å². The van der Waals surface area contributed by atoms with Crippen LogP contribution in [0.25, 0.3) is 0 Å². The van der Waals surface area contributed by atoms with Gasteiger partial charge in [0.15, 0.2) is 6.29 Å². The van der Waals surface area contributed by atoms with Crippen LogP contribution in [0.1, 0.15) is 5.56 Å². The molecule has 0 fully saturated rings. The maximum atomic E-state index is 13.1. The predicted octanol–water partition coefficient (Wildman–Crippen LogP) is 1.38. The Bertz CT molecular complexity index is 374. The Morgan fingerprint density at radius 1 is 1.54 bits per heavy atom. The molecule has 3 heteroatoms. The zero-order valence-electron chi connectivity index (χ0n) is 7.00. The average molecular weight is 178 g/mol. The van der Waals surface area contributed by atoms with E-state index in [0.29, 0.717) is 12.0 Å². The third kappa shape index (κ3) is 2.06. The van der Waals surface area contributed by atoms with Crippen molar-refractivity contribution in [3.8, 4) is 17.6 Å². The highest BCUT2D eigenvalue weighted by Crippen LogP contribution is 2.19. The van der Waals surface area contributed by atoms with Gasteiger partial charge in [-0.05, 0) is 18.1 Å². The van der Waals surface area contributed by atoms with Gasteiger partial charge in [0.05, 0.1) is 7.11 Å². The van der Waals surface area contributed by atoms with Crippen molar-refractivity contribution in [2.75, 3.05) is 7.11 Å². The summed E-state index contributed by atoms with van der Waals surface area (Å²) in [7, 11) is 1.42. The van der Waals surface area contributed by atoms with Gasteiger partial charge in [0.25, 0.3) is 0 Å². The fourth-order valence-corrected chi connectivity index (χ4v) is 0.897. The molecule has 2 nitrogen and oxygen atoms in total. The lowest BCUT2D eigenvalue weighted by molar-refractivity contribution is -0.103. The molecule has 1 aromatic carbocycles. The molecular weight excluding hydrogens is 171 g/mol. The third-order valence-electron chi connectivity index (χ3n) is 1.45. The van der Waals surface area contributed by atoms with Crippen LogP contribution in [0.15, 0.2) is 18.2 Å². The van der Waals surface area contributed by atoms with Crippen LogP contribution in [0.2, 0.25) is 0 Å². The summed E-state index contributed by atoms with van der Waals surface area (Å²) in [6.07, 6.45) is 0.409. The molecule has 13 heavy (non-hydrogen) atoms. The summed E-state index contributed by atoms with van der Waals surface area (Å²) < 4.78 is 17.9. The van der Waals surface area contributed by atoms with E-state index in [4.69, 9.17) is 4.74 Å². The Hall–Kier alpha value is -1.82. The van der Waals surface area contributed by atoms with Crippen LogP contribution in [0.4, 0.5) is 4.39 Å². The Morgan fingerprint density at radius 3 is 2.92 bits per heavy atom. The average Bonchev–Trinajstić information content (AvgIpc) is 2.15. The molecule has 0 aliphatic rings. The molecule has 0 radical (unpaired) electrons. The Labute approximate surface area is 75.3 Å². The first-order chi connectivity index (χ1) is 6.29. The van der Waals surface area contributed by atoms with Crippen molar-refractivity contribution in [3.05, 3.63) is 29.6 Å². The van der Waals surface area contributed by atoms with E-state index in [9.17, 15) is 9.18 Å². The van der Waals surface area contributed by atoms with Crippen LogP contribution in [-0.2, 0) is 4.79 Å². The number of aldehydes is 1. The number of hydrogen-bond acceptors (Lipinski definition) is 2. The molecular formula is C10H7FO2. The van der Waals surface area contributed by atoms with Gasteiger partial charge >= 0.3 is 0 Å². The highest BCUT2D eigenvalue weighted by molar-refractivity contribution is 5.74. The summed E-state index contributed by atoms with van der Waals surface area (Å²) in [5, 5.41) is 0. The lowest BCUT2D eigenvalue weighted by atomic mass is 10.2. The molecule has 1 rings (SSSR count). The minimum atomic E-state index is -0.492. The van der Waals surface area contributed by atoms with Crippen molar-refractivity contribution in [2.45, 2.75) is 0 Å². The molecule has 0 aromatic heterocycles. The van der Waals surface area contributed by atoms with E-state index >= 15 is 0 Å². The first kappa shape index (κ1) is 9.27. The first-order valence-electron chi connectivity index (χ1n) is 3.57. The minimum absolute atomic E-state index is 0.108. The number of carbonyl (C=O) groups excluding carboxylic acids is 1. The molecule has 0 saturated carbocycles. The largest absolute Gasteiger partial charge is 0.495 e. The first-order valence-corrected chi connectivity index (χ1v) is 3.57. The van der Waals surface area contributed by atoms with Crippen LogP contribution < -0.4 is 4.74 Å². The summed E-state index contributed by atoms with van der Waals surface area (Å²) >= 11 is 0. The molecule has 0 spiro atoms. The van der Waals surface area contributed by atoms with E-state index in [1.807, 2.05) is 0 Å². The summed E-state index contributed by atoms with van der Waals surface area (Å²) in [5.41, 5.74) is 0.108. The highest BCUT2D eigenvalue weighted by atomic mass is 19.1. The van der Waals surface area contributed by atoms with Gasteiger partial charge in [0.1, 0.15) is 17.1 Å². The lowest BCUT2D eigenvalue weighted by Crippen LogP contribution is -1.91. The fraction of sp³-hybridized carbons (Fsp3) is 0.100. The molecule has 0 bridgehead atoms. The van der Waals surface area contributed by atoms with Gasteiger partial charge in [-0.25, -0.2) is 4.39 Å². The molecule has 0 aliphatic carbocycles. The van der Waals surface area contributed by atoms with E-state index in [2.05, 4.69) is 11.8 Å². The van der Waals surface area contributed by atoms with Crippen LogP contribution in [0.3, 0.4) is 0 Å². The molecule has 1 aromatic rings. The van der Waals surface area contributed by atoms with E-state index in [1.54, 1.807) is 6.07 Å². The molecule has 0 atom stereocenters. The van der Waals surface area contributed by atoms with E-state index < -0.39 is 5.82 Å². The van der Waals surface area contributed by atoms with Gasteiger partial charge in [-0.15, -0.1) is 0 Å². The van der Waals surface area contributed by atoms with Crippen molar-refractivity contribution in [1.82, 2.24) is 0 Å². The van der Waals surface area contributed by atoms with Gasteiger partial charge in [0, 0.05) is 0 Å². The van der Waals surface area contributed by atoms with Gasteiger partial charge in [-0.3, -0.25) is 4.79 Å². The number of ether oxygens (including phenoxy) is 1. The van der Waals surface area contributed by atoms with E-state index in [1.165, 1.54) is 19.2 Å². The highest BCUT2D eigenvalue weighted by Gasteiger charge is 2.04. The zero-order chi connectivity index (χ0) is 9.68. The summed E-state index contributed by atoms with van der Waals surface area (Å²) in [6, 6.07) is 4.36. The van der Waals surface area contributed by atoms with Gasteiger partial charge in [-0.2, -0.15) is 0 Å². The molecule has 0 aliphatic heterocycles. The molecule has 0 saturated heterocycles. The number of halogens is 1. The summed E-state index contributed by atoms with van der Waals surface area (Å²) in [5.74, 6) is 4.33. The monoisotopic (exact) mass is 178 g/mol. The van der Waals surface area contributed by atoms with Crippen LogP contribution in [0.5, 0.6) is 5.75 Å². The van der Waals surface area contributed by atoms with Crippen molar-refractivity contribution in [3.63, 3.8) is 0 Å². The minimum Gasteiger partial charge on any atom is -0.495 e. The molecule has 0 unspecified atom stereocenters. The standard InChI is InChI=1S/C10H7FO2/c1-13-10-6-2-5-9(11)8(10)4-3-7-12/h2,5-7H,1H3. The molecule has 0 heterocycles. The van der Waals surface area contributed by atoms with Crippen molar-refractivity contribution >= 4 is 6.29 Å². The summed E-state index contributed by atoms with van der Waals surface area (Å²) in [4.78, 5) is 9.95. The second-order valence-corrected chi connectivity index (χ2v) is 2.20. The maximum Gasteiger partial charge on any atom is 0.193 e. The number of rotatable bonds is 1. The van der Waals surface area contributed by atoms with Gasteiger partial charge < -0.3 is 4.74 Å². The van der Waals surface area contributed by atoms with Crippen molar-refractivity contribution in [2.24, 2.45) is 0 Å². The van der Waals surface area contributed by atoms with Gasteiger partial charge in [0.2, 0.25) is 0 Å². The quantitative estimate of drug-likeness (QED) is 0.479. The van der Waals surface area contributed by atoms with Crippen molar-refractivity contribution in [1.29, 1.82) is 0 Å². The lowest BCUT2D eigenvalue weighted by Gasteiger charge is -2.02. The third-order valence-corrected chi connectivity index (χ3v) is 1.45. The smallest absolute Gasteiger partial charge is 0.193 e. The fourth-order valence-electron chi connectivity index (χ4n) is 0.897. The van der Waals surface area contributed by atoms with Crippen LogP contribution >= 0.6 is 0 Å². The predicted molar refractivity (Wildman–Crippen MR) is 45.9 cm³/mol. The van der Waals surface area contributed by atoms with E-state index in [-0.39, 0.29) is 5.56 Å². The number of carbonyl (C=O) groups is 1.